The van der Waals surface area contributed by atoms with Crippen LogP contribution in [0, 0.1) is 6.92 Å². The van der Waals surface area contributed by atoms with E-state index in [1.54, 1.807) is 40.0 Å². The maximum absolute atomic E-state index is 12.2. The van der Waals surface area contributed by atoms with Crippen LogP contribution in [0.3, 0.4) is 0 Å². The molecule has 2 amide bonds. The Morgan fingerprint density at radius 1 is 1.45 bits per heavy atom. The molecule has 1 aromatic carbocycles. The molecule has 0 fully saturated rings. The molecule has 0 saturated carbocycles. The molecule has 0 heterocycles. The van der Waals surface area contributed by atoms with Gasteiger partial charge in [0.1, 0.15) is 12.4 Å². The van der Waals surface area contributed by atoms with E-state index < -0.39 is 24.7 Å². The Bertz CT molecular complexity index is 516. The highest BCUT2D eigenvalue weighted by Gasteiger charge is 2.19. The summed E-state index contributed by atoms with van der Waals surface area (Å²) < 4.78 is 29.4. The number of amides is 2. The third-order valence-electron chi connectivity index (χ3n) is 2.78. The number of ether oxygens (including phenoxy) is 1. The number of hydrogen-bond acceptors (Lipinski definition) is 3. The van der Waals surface area contributed by atoms with Gasteiger partial charge in [-0.2, -0.15) is 0 Å². The van der Waals surface area contributed by atoms with Gasteiger partial charge >= 0.3 is 6.03 Å². The lowest BCUT2D eigenvalue weighted by Crippen LogP contribution is -2.41. The van der Waals surface area contributed by atoms with E-state index in [1.807, 2.05) is 0 Å². The van der Waals surface area contributed by atoms with Crippen LogP contribution in [0.1, 0.15) is 19.4 Å². The number of rotatable bonds is 6. The monoisotopic (exact) mass is 316 g/mol. The molecule has 0 saturated heterocycles. The number of alkyl halides is 2. The van der Waals surface area contributed by atoms with Crippen molar-refractivity contribution in [2.45, 2.75) is 32.8 Å². The van der Waals surface area contributed by atoms with E-state index in [9.17, 15) is 18.7 Å². The number of urea groups is 1. The first-order valence-corrected chi connectivity index (χ1v) is 6.84. The second-order valence-electron chi connectivity index (χ2n) is 5.78. The molecule has 0 aliphatic carbocycles. The molecule has 0 spiro atoms. The van der Waals surface area contributed by atoms with Crippen molar-refractivity contribution in [2.24, 2.45) is 0 Å². The van der Waals surface area contributed by atoms with Crippen LogP contribution in [0.15, 0.2) is 18.2 Å². The fraction of sp³-hybridized carbons (Fsp3) is 0.533. The summed E-state index contributed by atoms with van der Waals surface area (Å²) in [5, 5.41) is 12.3. The SMILES string of the molecule is Cc1ccc(NC(=O)N(C)CC(C)(C)O)cc1OCC(F)F. The predicted molar refractivity (Wildman–Crippen MR) is 80.6 cm³/mol. The van der Waals surface area contributed by atoms with Crippen LogP contribution in [-0.4, -0.2) is 48.3 Å². The Balaban J connectivity index is 2.73. The maximum Gasteiger partial charge on any atom is 0.321 e. The number of carbonyl (C=O) groups excluding carboxylic acids is 1. The van der Waals surface area contributed by atoms with E-state index in [-0.39, 0.29) is 6.54 Å². The van der Waals surface area contributed by atoms with Gasteiger partial charge in [0.05, 0.1) is 12.1 Å². The smallest absolute Gasteiger partial charge is 0.321 e. The van der Waals surface area contributed by atoms with E-state index >= 15 is 0 Å². The number of anilines is 1. The highest BCUT2D eigenvalue weighted by Crippen LogP contribution is 2.23. The molecule has 0 aliphatic heterocycles. The summed E-state index contributed by atoms with van der Waals surface area (Å²) in [4.78, 5) is 13.3. The lowest BCUT2D eigenvalue weighted by Gasteiger charge is -2.25. The van der Waals surface area contributed by atoms with E-state index in [4.69, 9.17) is 4.74 Å². The van der Waals surface area contributed by atoms with Crippen LogP contribution in [0.5, 0.6) is 5.75 Å². The van der Waals surface area contributed by atoms with Gasteiger partial charge in [0.25, 0.3) is 6.43 Å². The highest BCUT2D eigenvalue weighted by atomic mass is 19.3. The standard InChI is InChI=1S/C15H22F2N2O3/c1-10-5-6-11(7-12(10)22-8-13(16)17)18-14(20)19(4)9-15(2,3)21/h5-7,13,21H,8-9H2,1-4H3,(H,18,20). The molecule has 0 aliphatic rings. The first-order valence-electron chi connectivity index (χ1n) is 6.84. The van der Waals surface area contributed by atoms with Crippen molar-refractivity contribution in [3.63, 3.8) is 0 Å². The largest absolute Gasteiger partial charge is 0.487 e. The molecule has 0 radical (unpaired) electrons. The molecular weight excluding hydrogens is 294 g/mol. The lowest BCUT2D eigenvalue weighted by atomic mass is 10.1. The van der Waals surface area contributed by atoms with Gasteiger partial charge in [-0.15, -0.1) is 0 Å². The third-order valence-corrected chi connectivity index (χ3v) is 2.78. The summed E-state index contributed by atoms with van der Waals surface area (Å²) in [6.07, 6.45) is -2.56. The molecule has 7 heteroatoms. The fourth-order valence-electron chi connectivity index (χ4n) is 1.86. The average Bonchev–Trinajstić information content (AvgIpc) is 2.37. The minimum Gasteiger partial charge on any atom is -0.487 e. The molecular formula is C15H22F2N2O3. The summed E-state index contributed by atoms with van der Waals surface area (Å²) in [7, 11) is 1.55. The number of nitrogens with one attached hydrogen (secondary N) is 1. The molecule has 22 heavy (non-hydrogen) atoms. The van der Waals surface area contributed by atoms with Crippen LogP contribution in [0.25, 0.3) is 0 Å². The number of carbonyl (C=O) groups is 1. The van der Waals surface area contributed by atoms with Gasteiger partial charge in [-0.3, -0.25) is 0 Å². The van der Waals surface area contributed by atoms with Crippen molar-refractivity contribution in [1.82, 2.24) is 4.90 Å². The van der Waals surface area contributed by atoms with Crippen LogP contribution in [0.2, 0.25) is 0 Å². The summed E-state index contributed by atoms with van der Waals surface area (Å²) >= 11 is 0. The van der Waals surface area contributed by atoms with Crippen molar-refractivity contribution < 1.29 is 23.4 Å². The van der Waals surface area contributed by atoms with Crippen molar-refractivity contribution in [3.05, 3.63) is 23.8 Å². The molecule has 1 aromatic rings. The van der Waals surface area contributed by atoms with Crippen molar-refractivity contribution in [1.29, 1.82) is 0 Å². The van der Waals surface area contributed by atoms with Gasteiger partial charge in [0.2, 0.25) is 0 Å². The number of aliphatic hydroxyl groups is 1. The Kier molecular flexibility index (Phi) is 6.11. The fourth-order valence-corrected chi connectivity index (χ4v) is 1.86. The third kappa shape index (κ3) is 6.26. The van der Waals surface area contributed by atoms with Gasteiger partial charge in [0.15, 0.2) is 0 Å². The molecule has 5 nitrogen and oxygen atoms in total. The number of benzene rings is 1. The first kappa shape index (κ1) is 18.2. The summed E-state index contributed by atoms with van der Waals surface area (Å²) in [5.74, 6) is 0.295. The van der Waals surface area contributed by atoms with Gasteiger partial charge in [-0.1, -0.05) is 6.07 Å². The van der Waals surface area contributed by atoms with E-state index in [0.717, 1.165) is 0 Å². The van der Waals surface area contributed by atoms with Crippen molar-refractivity contribution >= 4 is 11.7 Å². The predicted octanol–water partition coefficient (Wildman–Crippen LogP) is 2.87. The highest BCUT2D eigenvalue weighted by molar-refractivity contribution is 5.89. The molecule has 124 valence electrons. The summed E-state index contributed by atoms with van der Waals surface area (Å²) in [5.41, 5.74) is 0.121. The number of halogens is 2. The Hall–Kier alpha value is -1.89. The second-order valence-corrected chi connectivity index (χ2v) is 5.78. The van der Waals surface area contributed by atoms with E-state index in [2.05, 4.69) is 5.32 Å². The minimum absolute atomic E-state index is 0.152. The van der Waals surface area contributed by atoms with Crippen molar-refractivity contribution in [3.8, 4) is 5.75 Å². The Labute approximate surface area is 128 Å². The second kappa shape index (κ2) is 7.40. The van der Waals surface area contributed by atoms with Gasteiger partial charge in [-0.25, -0.2) is 13.6 Å². The quantitative estimate of drug-likeness (QED) is 0.848. The topological polar surface area (TPSA) is 61.8 Å². The molecule has 0 unspecified atom stereocenters. The number of likely N-dealkylation sites (N-methyl/N-ethyl adjacent to an activating group) is 1. The maximum atomic E-state index is 12.2. The van der Waals surface area contributed by atoms with E-state index in [1.165, 1.54) is 11.0 Å². The van der Waals surface area contributed by atoms with Gasteiger partial charge < -0.3 is 20.1 Å². The Morgan fingerprint density at radius 3 is 2.64 bits per heavy atom. The zero-order valence-corrected chi connectivity index (χ0v) is 13.2. The van der Waals surface area contributed by atoms with Gasteiger partial charge in [-0.05, 0) is 32.4 Å². The zero-order chi connectivity index (χ0) is 16.9. The minimum atomic E-state index is -2.56. The van der Waals surface area contributed by atoms with Crippen LogP contribution < -0.4 is 10.1 Å². The normalized spacial score (nSPS) is 11.5. The van der Waals surface area contributed by atoms with Crippen molar-refractivity contribution in [2.75, 3.05) is 25.5 Å². The Morgan fingerprint density at radius 2 is 2.09 bits per heavy atom. The number of aryl methyl sites for hydroxylation is 1. The average molecular weight is 316 g/mol. The lowest BCUT2D eigenvalue weighted by molar-refractivity contribution is 0.0550. The molecule has 0 bridgehead atoms. The van der Waals surface area contributed by atoms with Crippen LogP contribution in [-0.2, 0) is 0 Å². The molecule has 0 aromatic heterocycles. The first-order chi connectivity index (χ1) is 10.1. The molecule has 0 atom stereocenters. The summed E-state index contributed by atoms with van der Waals surface area (Å²) in [6, 6.07) is 4.41. The zero-order valence-electron chi connectivity index (χ0n) is 13.2. The number of nitrogens with zero attached hydrogens (tertiary/aromatic N) is 1. The summed E-state index contributed by atoms with van der Waals surface area (Å²) in [6.45, 7) is 4.38. The molecule has 2 N–H and O–H groups in total. The molecule has 1 rings (SSSR count). The van der Waals surface area contributed by atoms with Crippen LogP contribution in [0.4, 0.5) is 19.3 Å². The van der Waals surface area contributed by atoms with Gasteiger partial charge in [0, 0.05) is 18.8 Å². The van der Waals surface area contributed by atoms with Crippen LogP contribution >= 0.6 is 0 Å². The number of hydrogen-bond donors (Lipinski definition) is 2. The van der Waals surface area contributed by atoms with E-state index in [0.29, 0.717) is 17.0 Å².